The Morgan fingerprint density at radius 1 is 1.28 bits per heavy atom. The molecule has 0 aliphatic rings. The van der Waals surface area contributed by atoms with E-state index in [9.17, 15) is 4.79 Å². The van der Waals surface area contributed by atoms with E-state index in [4.69, 9.17) is 5.11 Å². The second kappa shape index (κ2) is 7.88. The highest BCUT2D eigenvalue weighted by atomic mass is 16.4. The molecule has 0 saturated heterocycles. The monoisotopic (exact) mass is 249 g/mol. The van der Waals surface area contributed by atoms with E-state index in [1.54, 1.807) is 0 Å². The first-order chi connectivity index (χ1) is 8.59. The van der Waals surface area contributed by atoms with Gasteiger partial charge in [-0.2, -0.15) is 0 Å². The molecule has 0 aliphatic carbocycles. The van der Waals surface area contributed by atoms with Crippen LogP contribution in [-0.4, -0.2) is 17.6 Å². The third-order valence-electron chi connectivity index (χ3n) is 2.91. The molecule has 3 nitrogen and oxygen atoms in total. The van der Waals surface area contributed by atoms with Crippen LogP contribution in [0.5, 0.6) is 0 Å². The fourth-order valence-corrected chi connectivity index (χ4v) is 1.92. The average Bonchev–Trinajstić information content (AvgIpc) is 2.29. The molecule has 0 heterocycles. The normalized spacial score (nSPS) is 10.8. The highest BCUT2D eigenvalue weighted by Crippen LogP contribution is 2.09. The lowest BCUT2D eigenvalue weighted by Crippen LogP contribution is -2.17. The molecule has 100 valence electrons. The molecule has 1 rings (SSSR count). The van der Waals surface area contributed by atoms with Crippen LogP contribution in [0.15, 0.2) is 24.3 Å². The molecule has 0 spiro atoms. The summed E-state index contributed by atoms with van der Waals surface area (Å²) in [5.74, 6) is -0.0339. The number of carbonyl (C=O) groups is 1. The Kier molecular flexibility index (Phi) is 6.44. The predicted molar refractivity (Wildman–Crippen MR) is 73.6 cm³/mol. The number of rotatable bonds is 8. The first-order valence-corrected chi connectivity index (χ1v) is 6.59. The molecule has 0 bridgehead atoms. The average molecular weight is 249 g/mol. The molecule has 0 atom stereocenters. The Morgan fingerprint density at radius 3 is 2.56 bits per heavy atom. The van der Waals surface area contributed by atoms with Gasteiger partial charge in [0.15, 0.2) is 0 Å². The van der Waals surface area contributed by atoms with Crippen molar-refractivity contribution in [1.82, 2.24) is 5.32 Å². The Hall–Kier alpha value is -1.35. The van der Waals surface area contributed by atoms with Crippen LogP contribution in [0.25, 0.3) is 0 Å². The van der Waals surface area contributed by atoms with Crippen molar-refractivity contribution < 1.29 is 9.90 Å². The highest BCUT2D eigenvalue weighted by Gasteiger charge is 2.05. The van der Waals surface area contributed by atoms with Gasteiger partial charge in [0.25, 0.3) is 0 Å². The van der Waals surface area contributed by atoms with E-state index >= 15 is 0 Å². The molecule has 3 heteroatoms. The lowest BCUT2D eigenvalue weighted by Gasteiger charge is -2.10. The molecule has 0 saturated carbocycles. The number of aliphatic carboxylic acids is 1. The van der Waals surface area contributed by atoms with Crippen LogP contribution >= 0.6 is 0 Å². The molecular weight excluding hydrogens is 226 g/mol. The van der Waals surface area contributed by atoms with Crippen LogP contribution in [0, 0.1) is 5.92 Å². The van der Waals surface area contributed by atoms with Crippen molar-refractivity contribution in [2.75, 3.05) is 6.54 Å². The molecule has 0 unspecified atom stereocenters. The first kappa shape index (κ1) is 14.7. The van der Waals surface area contributed by atoms with Crippen molar-refractivity contribution in [3.63, 3.8) is 0 Å². The zero-order valence-electron chi connectivity index (χ0n) is 11.3. The molecule has 0 amide bonds. The minimum Gasteiger partial charge on any atom is -0.481 e. The van der Waals surface area contributed by atoms with Crippen LogP contribution in [0.3, 0.4) is 0 Å². The van der Waals surface area contributed by atoms with E-state index in [1.165, 1.54) is 12.8 Å². The third kappa shape index (κ3) is 5.82. The van der Waals surface area contributed by atoms with Crippen molar-refractivity contribution in [2.45, 2.75) is 39.7 Å². The van der Waals surface area contributed by atoms with Gasteiger partial charge in [-0.15, -0.1) is 0 Å². The molecule has 0 aromatic heterocycles. The van der Waals surface area contributed by atoms with Crippen molar-refractivity contribution in [1.29, 1.82) is 0 Å². The van der Waals surface area contributed by atoms with Gasteiger partial charge in [0.2, 0.25) is 0 Å². The molecule has 1 aromatic rings. The van der Waals surface area contributed by atoms with Crippen LogP contribution in [0.2, 0.25) is 0 Å². The Labute approximate surface area is 109 Å². The summed E-state index contributed by atoms with van der Waals surface area (Å²) in [6, 6.07) is 7.73. The Balaban J connectivity index is 2.39. The van der Waals surface area contributed by atoms with Gasteiger partial charge in [-0.05, 0) is 36.4 Å². The topological polar surface area (TPSA) is 49.3 Å². The van der Waals surface area contributed by atoms with E-state index in [0.29, 0.717) is 0 Å². The lowest BCUT2D eigenvalue weighted by molar-refractivity contribution is -0.136. The second-order valence-electron chi connectivity index (χ2n) is 5.05. The van der Waals surface area contributed by atoms with E-state index in [0.717, 1.165) is 30.1 Å². The van der Waals surface area contributed by atoms with E-state index in [1.807, 2.05) is 24.3 Å². The molecule has 18 heavy (non-hydrogen) atoms. The number of nitrogens with one attached hydrogen (secondary N) is 1. The minimum atomic E-state index is -0.776. The van der Waals surface area contributed by atoms with E-state index in [-0.39, 0.29) is 6.42 Å². The van der Waals surface area contributed by atoms with Crippen LogP contribution in [0.4, 0.5) is 0 Å². The second-order valence-corrected chi connectivity index (χ2v) is 5.05. The summed E-state index contributed by atoms with van der Waals surface area (Å²) >= 11 is 0. The summed E-state index contributed by atoms with van der Waals surface area (Å²) < 4.78 is 0. The van der Waals surface area contributed by atoms with Gasteiger partial charge >= 0.3 is 5.97 Å². The molecule has 0 fully saturated rings. The van der Waals surface area contributed by atoms with Crippen molar-refractivity contribution in [2.24, 2.45) is 5.92 Å². The smallest absolute Gasteiger partial charge is 0.307 e. The summed E-state index contributed by atoms with van der Waals surface area (Å²) in [6.07, 6.45) is 2.49. The standard InChI is InChI=1S/C15H23NO2/c1-12(2)6-5-9-16-11-14-8-4-3-7-13(14)10-15(17)18/h3-4,7-8,12,16H,5-6,9-11H2,1-2H3,(H,17,18). The maximum atomic E-state index is 10.8. The summed E-state index contributed by atoms with van der Waals surface area (Å²) in [5, 5.41) is 12.2. The summed E-state index contributed by atoms with van der Waals surface area (Å²) in [4.78, 5) is 10.8. The zero-order valence-corrected chi connectivity index (χ0v) is 11.3. The van der Waals surface area contributed by atoms with E-state index < -0.39 is 5.97 Å². The molecule has 0 aliphatic heterocycles. The van der Waals surface area contributed by atoms with Crippen molar-refractivity contribution in [3.05, 3.63) is 35.4 Å². The predicted octanol–water partition coefficient (Wildman–Crippen LogP) is 2.84. The quantitative estimate of drug-likeness (QED) is 0.696. The maximum absolute atomic E-state index is 10.8. The van der Waals surface area contributed by atoms with Gasteiger partial charge < -0.3 is 10.4 Å². The Bertz CT molecular complexity index is 375. The SMILES string of the molecule is CC(C)CCCNCc1ccccc1CC(=O)O. The number of hydrogen-bond acceptors (Lipinski definition) is 2. The first-order valence-electron chi connectivity index (χ1n) is 6.59. The molecule has 2 N–H and O–H groups in total. The summed E-state index contributed by atoms with van der Waals surface area (Å²) in [7, 11) is 0. The van der Waals surface area contributed by atoms with Gasteiger partial charge in [-0.1, -0.05) is 38.1 Å². The van der Waals surface area contributed by atoms with Crippen molar-refractivity contribution in [3.8, 4) is 0 Å². The van der Waals surface area contributed by atoms with E-state index in [2.05, 4.69) is 19.2 Å². The van der Waals surface area contributed by atoms with Crippen LogP contribution < -0.4 is 5.32 Å². The number of benzene rings is 1. The zero-order chi connectivity index (χ0) is 13.4. The Morgan fingerprint density at radius 2 is 1.94 bits per heavy atom. The third-order valence-corrected chi connectivity index (χ3v) is 2.91. The molecular formula is C15H23NO2. The highest BCUT2D eigenvalue weighted by molar-refractivity contribution is 5.70. The van der Waals surface area contributed by atoms with Gasteiger partial charge in [0.05, 0.1) is 6.42 Å². The molecule has 1 aromatic carbocycles. The number of hydrogen-bond donors (Lipinski definition) is 2. The van der Waals surface area contributed by atoms with Crippen molar-refractivity contribution >= 4 is 5.97 Å². The lowest BCUT2D eigenvalue weighted by atomic mass is 10.0. The number of carboxylic acid groups (broad SMARTS) is 1. The largest absolute Gasteiger partial charge is 0.481 e. The fraction of sp³-hybridized carbons (Fsp3) is 0.533. The maximum Gasteiger partial charge on any atom is 0.307 e. The van der Waals surface area contributed by atoms with Gasteiger partial charge in [-0.3, -0.25) is 4.79 Å². The summed E-state index contributed by atoms with van der Waals surface area (Å²) in [6.45, 7) is 6.19. The van der Waals surface area contributed by atoms with Crippen LogP contribution in [0.1, 0.15) is 37.8 Å². The minimum absolute atomic E-state index is 0.101. The number of carboxylic acids is 1. The fourth-order valence-electron chi connectivity index (χ4n) is 1.92. The van der Waals surface area contributed by atoms with Gasteiger partial charge in [-0.25, -0.2) is 0 Å². The molecule has 0 radical (unpaired) electrons. The van der Waals surface area contributed by atoms with Gasteiger partial charge in [0.1, 0.15) is 0 Å². The van der Waals surface area contributed by atoms with Crippen LogP contribution in [-0.2, 0) is 17.8 Å². The van der Waals surface area contributed by atoms with Gasteiger partial charge in [0, 0.05) is 6.54 Å². The summed E-state index contributed by atoms with van der Waals surface area (Å²) in [5.41, 5.74) is 1.99.